The molecule has 1 saturated carbocycles. The van der Waals surface area contributed by atoms with Crippen molar-refractivity contribution in [2.24, 2.45) is 29.6 Å². The van der Waals surface area contributed by atoms with Crippen LogP contribution in [0.3, 0.4) is 0 Å². The maximum Gasteiger partial charge on any atom is 0.254 e. The molecule has 1 amide bonds. The van der Waals surface area contributed by atoms with Crippen LogP contribution in [0.25, 0.3) is 5.57 Å². The van der Waals surface area contributed by atoms with Crippen LogP contribution >= 0.6 is 0 Å². The van der Waals surface area contributed by atoms with Gasteiger partial charge in [0.1, 0.15) is 0 Å². The van der Waals surface area contributed by atoms with E-state index >= 15 is 0 Å². The highest BCUT2D eigenvalue weighted by atomic mass is 16.5. The number of ether oxygens (including phenoxy) is 1. The molecule has 7 heteroatoms. The summed E-state index contributed by atoms with van der Waals surface area (Å²) in [6.45, 7) is 8.23. The van der Waals surface area contributed by atoms with Gasteiger partial charge in [0.2, 0.25) is 11.9 Å². The zero-order valence-corrected chi connectivity index (χ0v) is 23.8. The second kappa shape index (κ2) is 12.5. The van der Waals surface area contributed by atoms with Crippen LogP contribution in [0.4, 0.5) is 5.95 Å². The Bertz CT molecular complexity index is 1130. The van der Waals surface area contributed by atoms with Gasteiger partial charge in [0.25, 0.3) is 5.75 Å². The highest BCUT2D eigenvalue weighted by molar-refractivity contribution is 5.80. The van der Waals surface area contributed by atoms with Crippen LogP contribution in [-0.2, 0) is 11.2 Å². The van der Waals surface area contributed by atoms with Crippen molar-refractivity contribution in [2.45, 2.75) is 52.4 Å². The summed E-state index contributed by atoms with van der Waals surface area (Å²) < 4.78 is 4.99. The number of aliphatic hydroxyl groups is 2. The first-order valence-corrected chi connectivity index (χ1v) is 14.9. The quantitative estimate of drug-likeness (QED) is 0.447. The second-order valence-electron chi connectivity index (χ2n) is 11.8. The van der Waals surface area contributed by atoms with E-state index in [2.05, 4.69) is 59.1 Å². The van der Waals surface area contributed by atoms with Gasteiger partial charge in [-0.2, -0.15) is 0 Å². The zero-order valence-electron chi connectivity index (χ0n) is 23.8. The van der Waals surface area contributed by atoms with Crippen LogP contribution in [0, 0.1) is 29.6 Å². The third-order valence-corrected chi connectivity index (χ3v) is 9.19. The Hall–Kier alpha value is -2.93. The van der Waals surface area contributed by atoms with Crippen molar-refractivity contribution in [1.82, 2.24) is 14.9 Å². The van der Waals surface area contributed by atoms with Crippen molar-refractivity contribution in [3.8, 4) is 5.75 Å². The molecule has 1 saturated heterocycles. The maximum absolute atomic E-state index is 12.7. The van der Waals surface area contributed by atoms with Gasteiger partial charge in [-0.1, -0.05) is 19.9 Å². The number of allylic oxidation sites excluding steroid dienone is 2. The molecular formula is C32H45N4O3+. The fourth-order valence-corrected chi connectivity index (χ4v) is 6.77. The van der Waals surface area contributed by atoms with Gasteiger partial charge < -0.3 is 19.6 Å². The van der Waals surface area contributed by atoms with Crippen LogP contribution in [-0.4, -0.2) is 70.5 Å². The number of aromatic hydroxyl groups is 1. The predicted octanol–water partition coefficient (Wildman–Crippen LogP) is 4.71. The summed E-state index contributed by atoms with van der Waals surface area (Å²) in [6.07, 6.45) is 11.6. The molecule has 210 valence electrons. The molecule has 2 heterocycles. The fourth-order valence-electron chi connectivity index (χ4n) is 6.77. The number of amides is 1. The number of aromatic nitrogens is 2. The second-order valence-corrected chi connectivity index (χ2v) is 11.8. The number of fused-ring (bicyclic) bond motifs is 1. The number of carbonyl (C=O) groups is 1. The molecule has 2 fully saturated rings. The van der Waals surface area contributed by atoms with Crippen LogP contribution < -0.4 is 4.90 Å². The van der Waals surface area contributed by atoms with E-state index in [0.717, 1.165) is 68.9 Å². The standard InChI is InChI=1S/C32H44N4O3/c1-4-23-18-33-32(34-19-23)36-16-14-28-29(30(28)22(2)20-36)21-39-27-12-10-25(11-13-27)24-6-8-26(9-7-24)31(38)35(3)15-5-17-37/h6,10-13,18-19,22,26,28-30,37H,4-5,7-9,14-17,20-21H2,1-3H3/p+1/t22-,26?,28+,29?,30?/m1/s1. The Labute approximate surface area is 233 Å². The molecule has 2 aliphatic carbocycles. The lowest BCUT2D eigenvalue weighted by Gasteiger charge is -2.26. The normalized spacial score (nSPS) is 26.3. The fraction of sp³-hybridized carbons (Fsp3) is 0.594. The van der Waals surface area contributed by atoms with E-state index in [1.54, 1.807) is 4.90 Å². The van der Waals surface area contributed by atoms with Crippen molar-refractivity contribution in [1.29, 1.82) is 0 Å². The predicted molar refractivity (Wildman–Crippen MR) is 156 cm³/mol. The zero-order chi connectivity index (χ0) is 27.4. The van der Waals surface area contributed by atoms with Crippen LogP contribution in [0.5, 0.6) is 5.75 Å². The number of rotatable bonds is 10. The van der Waals surface area contributed by atoms with Gasteiger partial charge in [-0.05, 0) is 85.1 Å². The van der Waals surface area contributed by atoms with E-state index in [0.29, 0.717) is 24.8 Å². The molecule has 3 unspecified atom stereocenters. The summed E-state index contributed by atoms with van der Waals surface area (Å²) in [5.41, 5.74) is 3.77. The molecule has 2 N–H and O–H groups in total. The maximum atomic E-state index is 12.7. The van der Waals surface area contributed by atoms with E-state index < -0.39 is 0 Å². The summed E-state index contributed by atoms with van der Waals surface area (Å²) in [5, 5.41) is 9.02. The van der Waals surface area contributed by atoms with Crippen molar-refractivity contribution in [2.75, 3.05) is 44.8 Å². The van der Waals surface area contributed by atoms with E-state index in [4.69, 9.17) is 9.84 Å². The molecule has 0 bridgehead atoms. The Morgan fingerprint density at radius 2 is 1.95 bits per heavy atom. The minimum absolute atomic E-state index is 0.0570. The number of carbonyl (C=O) groups excluding carboxylic acids is 1. The van der Waals surface area contributed by atoms with Gasteiger partial charge in [0.05, 0.1) is 0 Å². The number of benzene rings is 1. The van der Waals surface area contributed by atoms with Crippen LogP contribution in [0.1, 0.15) is 57.1 Å². The van der Waals surface area contributed by atoms with Crippen molar-refractivity contribution >= 4 is 17.4 Å². The SMILES string of the molecule is CCc1cnc(N2CC[C@H]3C(C[OH+]c4ccc(C5=CCC(C(=O)N(C)CCCO)CC5)cc4)C3[C@H](C)C2)nc1. The lowest BCUT2D eigenvalue weighted by Crippen LogP contribution is -2.34. The van der Waals surface area contributed by atoms with Gasteiger partial charge in [0.15, 0.2) is 6.61 Å². The van der Waals surface area contributed by atoms with Crippen LogP contribution in [0.15, 0.2) is 42.7 Å². The molecule has 5 rings (SSSR count). The highest BCUT2D eigenvalue weighted by Crippen LogP contribution is 2.55. The summed E-state index contributed by atoms with van der Waals surface area (Å²) in [7, 11) is 1.84. The summed E-state index contributed by atoms with van der Waals surface area (Å²) >= 11 is 0. The van der Waals surface area contributed by atoms with Gasteiger partial charge >= 0.3 is 0 Å². The van der Waals surface area contributed by atoms with E-state index in [1.165, 1.54) is 23.1 Å². The van der Waals surface area contributed by atoms with Crippen molar-refractivity contribution in [3.63, 3.8) is 0 Å². The Morgan fingerprint density at radius 1 is 1.18 bits per heavy atom. The molecule has 39 heavy (non-hydrogen) atoms. The molecule has 3 aliphatic rings. The van der Waals surface area contributed by atoms with Crippen LogP contribution in [0.2, 0.25) is 0 Å². The molecule has 0 radical (unpaired) electrons. The molecule has 1 aliphatic heterocycles. The van der Waals surface area contributed by atoms with Gasteiger partial charge in [-0.15, -0.1) is 0 Å². The highest BCUT2D eigenvalue weighted by Gasteiger charge is 2.55. The molecule has 2 aromatic rings. The van der Waals surface area contributed by atoms with Crippen molar-refractivity contribution in [3.05, 3.63) is 53.9 Å². The first kappa shape index (κ1) is 27.6. The van der Waals surface area contributed by atoms with E-state index in [9.17, 15) is 4.79 Å². The molecular weight excluding hydrogens is 488 g/mol. The first-order valence-electron chi connectivity index (χ1n) is 14.9. The van der Waals surface area contributed by atoms with Gasteiger partial charge in [0, 0.05) is 69.7 Å². The van der Waals surface area contributed by atoms with Gasteiger partial charge in [-0.3, -0.25) is 4.79 Å². The number of aryl methyl sites for hydroxylation is 1. The van der Waals surface area contributed by atoms with Crippen molar-refractivity contribution < 1.29 is 14.6 Å². The monoisotopic (exact) mass is 533 g/mol. The molecule has 1 aromatic carbocycles. The summed E-state index contributed by atoms with van der Waals surface area (Å²) in [5.74, 6) is 5.02. The average molecular weight is 534 g/mol. The smallest absolute Gasteiger partial charge is 0.254 e. The van der Waals surface area contributed by atoms with Gasteiger partial charge in [-0.25, -0.2) is 9.97 Å². The topological polar surface area (TPSA) is 82.4 Å². The van der Waals surface area contributed by atoms with E-state index in [-0.39, 0.29) is 18.4 Å². The molecule has 7 nitrogen and oxygen atoms in total. The number of aliphatic hydroxyl groups excluding tert-OH is 1. The number of hydrogen-bond donors (Lipinski definition) is 1. The molecule has 5 atom stereocenters. The summed E-state index contributed by atoms with van der Waals surface area (Å²) in [6, 6.07) is 8.68. The number of hydrogen-bond acceptors (Lipinski definition) is 5. The lowest BCUT2D eigenvalue weighted by molar-refractivity contribution is -0.134. The van der Waals surface area contributed by atoms with E-state index in [1.807, 2.05) is 19.4 Å². The molecule has 0 spiro atoms. The number of anilines is 1. The minimum Gasteiger partial charge on any atom is -0.582 e. The Balaban J connectivity index is 1.08. The number of nitrogens with zero attached hydrogens (tertiary/aromatic N) is 4. The average Bonchev–Trinajstić information content (AvgIpc) is 3.72. The largest absolute Gasteiger partial charge is 0.582 e. The first-order chi connectivity index (χ1) is 19.0. The Morgan fingerprint density at radius 3 is 2.62 bits per heavy atom. The Kier molecular flexibility index (Phi) is 8.85. The molecule has 1 aromatic heterocycles. The third kappa shape index (κ3) is 6.46. The minimum atomic E-state index is 0.0570. The third-order valence-electron chi connectivity index (χ3n) is 9.19. The summed E-state index contributed by atoms with van der Waals surface area (Å²) in [4.78, 5) is 26.0. The lowest BCUT2D eigenvalue weighted by atomic mass is 9.86.